The minimum atomic E-state index is -0.461. The Morgan fingerprint density at radius 1 is 0.364 bits per heavy atom. The standard InChI is InChI=1S/C34H30O2S.C30H31NOS.C28H24OS.C27H27NS/c1-24(35)30-11-5-9-26(22-30)21-27-10-6-12-31(23-27)34-20-19-33(37-34)29-16-14-28(15-17-29)32(36)18-13-25-7-3-2-4-8-25;1-2-24-8-3-4-12-28(24)30-14-13-29(33-30)25-9-6-11-27(21-25)31-26-10-5-7-23(20-26)19-22-15-17-32-18-16-22;1-3-7-21-8-4-12-25(17-21)27-14-15-28(30-27)26-13-6-10-23(19-26)16-22-9-5-11-24(18-22)20(2)29;1-3-8-20-13-15-23(16-14-20)28-24-11-7-10-22(19-24)26-17-18-27(29-26)25-12-6-5-9-21(25)4-2/h2-12,14-17,19-20,22-24,35H,13,18,21H2,1H3;3-14,20-22,31H,2,15-19H2,1H3;1,4-6,8-15,17-20,29H,7,16H2,2H3;5-7,9-19,28H,3-4,8H2,1-2H3. The van der Waals surface area contributed by atoms with Crippen molar-refractivity contribution in [3.05, 3.63) is 442 Å². The largest absolute Gasteiger partial charge is 0.389 e. The third-order valence-corrected chi connectivity index (χ3v) is 28.2. The van der Waals surface area contributed by atoms with Crippen molar-refractivity contribution in [3.8, 4) is 95.9 Å². The number of terminal acetylenes is 1. The molecule has 18 rings (SSSR count). The van der Waals surface area contributed by atoms with E-state index in [-0.39, 0.29) is 5.78 Å². The number of hydrogen-bond donors (Lipinski definition) is 4. The van der Waals surface area contributed by atoms with E-state index in [1.54, 1.807) is 36.5 Å². The van der Waals surface area contributed by atoms with E-state index in [4.69, 9.17) is 11.2 Å². The van der Waals surface area contributed by atoms with E-state index < -0.39 is 12.2 Å². The van der Waals surface area contributed by atoms with Gasteiger partial charge in [0.2, 0.25) is 0 Å². The lowest BCUT2D eigenvalue weighted by molar-refractivity contribution is 0.0665. The number of carbonyl (C=O) groups excluding carboxylic acids is 1. The molecule has 1 aliphatic rings. The number of anilines is 4. The van der Waals surface area contributed by atoms with Crippen molar-refractivity contribution in [2.24, 2.45) is 5.92 Å². The van der Waals surface area contributed by atoms with Crippen LogP contribution in [0.2, 0.25) is 0 Å². The Morgan fingerprint density at radius 2 is 0.744 bits per heavy atom. The summed E-state index contributed by atoms with van der Waals surface area (Å²) in [7, 11) is 0. The molecule has 6 nitrogen and oxygen atoms in total. The molecule has 0 bridgehead atoms. The summed E-state index contributed by atoms with van der Waals surface area (Å²) >= 11 is 7.30. The number of ketones is 1. The maximum atomic E-state index is 12.7. The summed E-state index contributed by atoms with van der Waals surface area (Å²) in [6.07, 6.45) is 16.1. The van der Waals surface area contributed by atoms with Crippen LogP contribution < -0.4 is 10.6 Å². The average molecular weight is 1760 g/mol. The van der Waals surface area contributed by atoms with Crippen molar-refractivity contribution in [3.63, 3.8) is 0 Å². The molecule has 4 N–H and O–H groups in total. The summed E-state index contributed by atoms with van der Waals surface area (Å²) in [6.45, 7) is 12.1. The van der Waals surface area contributed by atoms with Gasteiger partial charge in [-0.15, -0.1) is 57.7 Å². The molecule has 646 valence electrons. The summed E-state index contributed by atoms with van der Waals surface area (Å²) in [4.78, 5) is 22.8. The number of benzene rings is 13. The Balaban J connectivity index is 0.000000133. The van der Waals surface area contributed by atoms with Gasteiger partial charge in [-0.1, -0.05) is 294 Å². The van der Waals surface area contributed by atoms with Crippen LogP contribution in [0, 0.1) is 18.3 Å². The van der Waals surface area contributed by atoms with Gasteiger partial charge in [0.15, 0.2) is 5.78 Å². The second-order valence-corrected chi connectivity index (χ2v) is 37.5. The van der Waals surface area contributed by atoms with Crippen molar-refractivity contribution in [1.82, 2.24) is 0 Å². The van der Waals surface area contributed by atoms with Crippen molar-refractivity contribution in [2.75, 3.05) is 23.8 Å². The van der Waals surface area contributed by atoms with Crippen LogP contribution in [0.25, 0.3) is 83.5 Å². The molecule has 13 aromatic carbocycles. The number of Topliss-reactive ketones (excluding diaryl/α,β-unsaturated/α-hetero) is 1. The molecule has 4 aromatic heterocycles. The molecule has 1 saturated heterocycles. The third-order valence-electron chi connectivity index (χ3n) is 23.5. The zero-order valence-corrected chi connectivity index (χ0v) is 77.5. The van der Waals surface area contributed by atoms with Gasteiger partial charge >= 0.3 is 0 Å². The van der Waals surface area contributed by atoms with E-state index in [0.717, 1.165) is 109 Å². The highest BCUT2D eigenvalue weighted by molar-refractivity contribution is 7.20. The predicted octanol–water partition coefficient (Wildman–Crippen LogP) is 32.1. The van der Waals surface area contributed by atoms with Crippen molar-refractivity contribution in [2.45, 2.75) is 124 Å². The van der Waals surface area contributed by atoms with E-state index in [1.807, 2.05) is 77.3 Å². The van der Waals surface area contributed by atoms with E-state index >= 15 is 0 Å². The first-order valence-electron chi connectivity index (χ1n) is 45.2. The van der Waals surface area contributed by atoms with Gasteiger partial charge in [-0.2, -0.15) is 0 Å². The van der Waals surface area contributed by atoms with E-state index in [1.165, 1.54) is 153 Å². The second-order valence-electron chi connectivity index (χ2n) is 33.2. The minimum Gasteiger partial charge on any atom is -0.389 e. The first kappa shape index (κ1) is 91.1. The van der Waals surface area contributed by atoms with Crippen LogP contribution in [0.5, 0.6) is 0 Å². The fourth-order valence-corrected chi connectivity index (χ4v) is 20.7. The second kappa shape index (κ2) is 45.9. The number of aliphatic hydroxyl groups is 2. The molecule has 2 unspecified atom stereocenters. The first-order valence-corrected chi connectivity index (χ1v) is 48.5. The zero-order valence-electron chi connectivity index (χ0n) is 74.3. The summed E-state index contributed by atoms with van der Waals surface area (Å²) in [6, 6.07) is 131. The molecule has 17 aromatic rings. The molecule has 1 fully saturated rings. The number of thiophene rings is 4. The normalized spacial score (nSPS) is 12.2. The number of ether oxygens (including phenoxy) is 1. The molecule has 0 saturated carbocycles. The van der Waals surface area contributed by atoms with Crippen molar-refractivity contribution in [1.29, 1.82) is 0 Å². The molecule has 129 heavy (non-hydrogen) atoms. The quantitative estimate of drug-likeness (QED) is 0.0276. The monoisotopic (exact) mass is 1760 g/mol. The maximum absolute atomic E-state index is 12.7. The number of carbonyl (C=O) groups is 1. The number of nitrogens with one attached hydrogen (secondary N) is 2. The molecule has 10 heteroatoms. The highest BCUT2D eigenvalue weighted by Gasteiger charge is 2.18. The first-order chi connectivity index (χ1) is 63.2. The van der Waals surface area contributed by atoms with Crippen LogP contribution in [0.4, 0.5) is 22.7 Å². The zero-order chi connectivity index (χ0) is 89.1. The fourth-order valence-electron chi connectivity index (χ4n) is 16.5. The molecule has 2 atom stereocenters. The van der Waals surface area contributed by atoms with Crippen molar-refractivity contribution >= 4 is 73.9 Å². The van der Waals surface area contributed by atoms with E-state index in [0.29, 0.717) is 12.8 Å². The fraction of sp³-hybridized carbons (Fsp3) is 0.185. The molecular formula is C119H112N2O4S4. The molecule has 0 spiro atoms. The van der Waals surface area contributed by atoms with Gasteiger partial charge in [0.1, 0.15) is 0 Å². The summed E-state index contributed by atoms with van der Waals surface area (Å²) in [5.41, 5.74) is 30.1. The predicted molar refractivity (Wildman–Crippen MR) is 552 cm³/mol. The summed E-state index contributed by atoms with van der Waals surface area (Å²) < 4.78 is 5.51. The average Bonchev–Trinajstić information content (AvgIpc) is 1.69. The highest BCUT2D eigenvalue weighted by Crippen LogP contribution is 2.42. The third kappa shape index (κ3) is 25.7. The van der Waals surface area contributed by atoms with Gasteiger partial charge in [0.05, 0.1) is 12.2 Å². The van der Waals surface area contributed by atoms with Crippen molar-refractivity contribution < 1.29 is 19.7 Å². The smallest absolute Gasteiger partial charge is 0.163 e. The number of rotatable bonds is 29. The van der Waals surface area contributed by atoms with Crippen LogP contribution in [0.15, 0.2) is 370 Å². The SMILES string of the molecule is C#CCc1cccc(-c2ccc(-c3cccc(Cc4cccc(C(C)O)c4)c3)s2)c1.CC(O)c1cccc(Cc2cccc(-c3ccc(-c4ccc(C(=O)CCc5ccccc5)cc4)s3)c2)c1.CCCc1ccc(Nc2cccc(-c3ccc(-c4ccccc4CC)s3)c2)cc1.CCc1ccccc1-c1ccc(-c2cccc(Nc3cccc(CC4CCOCC4)c3)c2)s1. The van der Waals surface area contributed by atoms with Crippen LogP contribution in [-0.4, -0.2) is 29.2 Å². The number of aryl methyl sites for hydroxylation is 4. The number of aliphatic hydroxyl groups excluding tert-OH is 2. The summed E-state index contributed by atoms with van der Waals surface area (Å²) in [5.74, 6) is 3.64. The minimum absolute atomic E-state index is 0.179. The highest BCUT2D eigenvalue weighted by atomic mass is 32.1. The lowest BCUT2D eigenvalue weighted by Gasteiger charge is -2.22. The lowest BCUT2D eigenvalue weighted by Crippen LogP contribution is -2.17. The van der Waals surface area contributed by atoms with Gasteiger partial charge in [-0.05, 0) is 292 Å². The molecule has 5 heterocycles. The number of hydrogen-bond acceptors (Lipinski definition) is 10. The van der Waals surface area contributed by atoms with Gasteiger partial charge in [-0.25, -0.2) is 0 Å². The van der Waals surface area contributed by atoms with Gasteiger partial charge in [0, 0.05) is 93.4 Å². The van der Waals surface area contributed by atoms with Crippen LogP contribution in [-0.2, 0) is 56.1 Å². The van der Waals surface area contributed by atoms with E-state index in [9.17, 15) is 15.0 Å². The molecule has 0 radical (unpaired) electrons. The Bertz CT molecular complexity index is 6530. The van der Waals surface area contributed by atoms with E-state index in [2.05, 4.69) is 353 Å². The Kier molecular flexibility index (Phi) is 32.4. The van der Waals surface area contributed by atoms with Gasteiger partial charge < -0.3 is 25.6 Å². The molecular weight excluding hydrogens is 1650 g/mol. The van der Waals surface area contributed by atoms with Crippen LogP contribution in [0.3, 0.4) is 0 Å². The summed E-state index contributed by atoms with van der Waals surface area (Å²) in [5, 5.41) is 26.9. The Hall–Kier alpha value is -12.6. The Morgan fingerprint density at radius 3 is 1.22 bits per heavy atom. The molecule has 1 aliphatic heterocycles. The van der Waals surface area contributed by atoms with Crippen LogP contribution in [0.1, 0.15) is 150 Å². The molecule has 0 amide bonds. The van der Waals surface area contributed by atoms with Gasteiger partial charge in [0.25, 0.3) is 0 Å². The lowest BCUT2D eigenvalue weighted by atomic mass is 9.92. The molecule has 0 aliphatic carbocycles. The maximum Gasteiger partial charge on any atom is 0.163 e. The van der Waals surface area contributed by atoms with Gasteiger partial charge in [-0.3, -0.25) is 4.79 Å². The van der Waals surface area contributed by atoms with Crippen LogP contribution >= 0.6 is 45.3 Å². The topological polar surface area (TPSA) is 90.8 Å². The Labute approximate surface area is 779 Å².